The topological polar surface area (TPSA) is 63.4 Å². The third kappa shape index (κ3) is 3.40. The minimum Gasteiger partial charge on any atom is -0.268 e. The summed E-state index contributed by atoms with van der Waals surface area (Å²) >= 11 is 9.90. The second-order valence-corrected chi connectivity index (χ2v) is 7.44. The van der Waals surface area contributed by atoms with E-state index >= 15 is 0 Å². The Labute approximate surface area is 155 Å². The van der Waals surface area contributed by atoms with Crippen molar-refractivity contribution in [1.82, 2.24) is 0 Å². The van der Waals surface area contributed by atoms with Crippen molar-refractivity contribution >= 4 is 67.6 Å². The summed E-state index contributed by atoms with van der Waals surface area (Å²) in [6.07, 6.45) is 1.68. The molecule has 3 rings (SSSR count). The average molecular weight is 421 g/mol. The normalized spacial score (nSPS) is 16.0. The molecule has 0 spiro atoms. The van der Waals surface area contributed by atoms with Crippen LogP contribution < -0.4 is 4.90 Å². The molecule has 1 heterocycles. The van der Waals surface area contributed by atoms with Gasteiger partial charge in [-0.15, -0.1) is 0 Å². The number of hydrogen-bond acceptors (Lipinski definition) is 5. The smallest absolute Gasteiger partial charge is 0.268 e. The number of benzene rings is 2. The molecule has 1 fully saturated rings. The van der Waals surface area contributed by atoms with Crippen LogP contribution in [0.1, 0.15) is 5.56 Å². The summed E-state index contributed by atoms with van der Waals surface area (Å²) in [6.45, 7) is 0. The summed E-state index contributed by atoms with van der Waals surface area (Å²) in [7, 11) is 0. The zero-order chi connectivity index (χ0) is 17.3. The molecule has 0 unspecified atom stereocenters. The van der Waals surface area contributed by atoms with E-state index in [0.717, 1.165) is 4.47 Å². The summed E-state index contributed by atoms with van der Waals surface area (Å²) in [4.78, 5) is 24.8. The van der Waals surface area contributed by atoms with Crippen molar-refractivity contribution in [1.29, 1.82) is 0 Å². The third-order valence-electron chi connectivity index (χ3n) is 3.26. The van der Waals surface area contributed by atoms with Crippen LogP contribution in [0.2, 0.25) is 0 Å². The molecule has 8 heteroatoms. The van der Waals surface area contributed by atoms with Gasteiger partial charge in [0.05, 0.1) is 15.5 Å². The number of nitrogens with zero attached hydrogens (tertiary/aromatic N) is 2. The van der Waals surface area contributed by atoms with Crippen LogP contribution in [0.15, 0.2) is 57.9 Å². The van der Waals surface area contributed by atoms with E-state index in [9.17, 15) is 14.9 Å². The molecule has 0 radical (unpaired) electrons. The number of halogens is 1. The molecular weight excluding hydrogens is 412 g/mol. The predicted octanol–water partition coefficient (Wildman–Crippen LogP) is 4.76. The molecule has 0 aromatic heterocycles. The van der Waals surface area contributed by atoms with Gasteiger partial charge in [0.2, 0.25) is 0 Å². The van der Waals surface area contributed by atoms with Gasteiger partial charge in [-0.3, -0.25) is 19.8 Å². The Morgan fingerprint density at radius 2 is 1.92 bits per heavy atom. The number of rotatable bonds is 3. The van der Waals surface area contributed by atoms with Crippen molar-refractivity contribution in [2.45, 2.75) is 0 Å². The predicted molar refractivity (Wildman–Crippen MR) is 103 cm³/mol. The number of nitro benzene ring substituents is 1. The van der Waals surface area contributed by atoms with Gasteiger partial charge < -0.3 is 0 Å². The molecule has 2 aromatic rings. The maximum atomic E-state index is 12.6. The monoisotopic (exact) mass is 420 g/mol. The van der Waals surface area contributed by atoms with Crippen molar-refractivity contribution in [3.63, 3.8) is 0 Å². The van der Waals surface area contributed by atoms with Crippen LogP contribution in [0.25, 0.3) is 6.08 Å². The van der Waals surface area contributed by atoms with Crippen LogP contribution in [0, 0.1) is 10.1 Å². The summed E-state index contributed by atoms with van der Waals surface area (Å²) in [5.74, 6) is -0.207. The minimum atomic E-state index is -0.462. The highest BCUT2D eigenvalue weighted by Gasteiger charge is 2.33. The number of non-ortho nitro benzene ring substituents is 1. The number of hydrogen-bond donors (Lipinski definition) is 0. The molecule has 1 amide bonds. The molecule has 1 saturated heterocycles. The van der Waals surface area contributed by atoms with Crippen LogP contribution in [0.4, 0.5) is 11.4 Å². The molecule has 1 aliphatic rings. The molecule has 120 valence electrons. The van der Waals surface area contributed by atoms with Gasteiger partial charge >= 0.3 is 0 Å². The highest BCUT2D eigenvalue weighted by atomic mass is 79.9. The summed E-state index contributed by atoms with van der Waals surface area (Å²) in [6, 6.07) is 13.3. The van der Waals surface area contributed by atoms with Crippen LogP contribution in [0.3, 0.4) is 0 Å². The van der Waals surface area contributed by atoms with Crippen LogP contribution >= 0.6 is 39.9 Å². The first-order valence-electron chi connectivity index (χ1n) is 6.74. The Hall–Kier alpha value is -2.03. The molecular formula is C16H9BrN2O3S2. The largest absolute Gasteiger partial charge is 0.270 e. The summed E-state index contributed by atoms with van der Waals surface area (Å²) in [5, 5.41) is 10.7. The van der Waals surface area contributed by atoms with Gasteiger partial charge in [-0.2, -0.15) is 0 Å². The zero-order valence-corrected chi connectivity index (χ0v) is 15.2. The molecule has 1 aliphatic heterocycles. The van der Waals surface area contributed by atoms with Crippen LogP contribution in [0.5, 0.6) is 0 Å². The van der Waals surface area contributed by atoms with Gasteiger partial charge in [-0.05, 0) is 42.0 Å². The van der Waals surface area contributed by atoms with E-state index in [-0.39, 0.29) is 11.6 Å². The number of amides is 1. The van der Waals surface area contributed by atoms with Crippen molar-refractivity contribution in [3.8, 4) is 0 Å². The zero-order valence-electron chi connectivity index (χ0n) is 12.0. The van der Waals surface area contributed by atoms with E-state index in [1.54, 1.807) is 18.2 Å². The van der Waals surface area contributed by atoms with Crippen molar-refractivity contribution in [2.24, 2.45) is 0 Å². The van der Waals surface area contributed by atoms with E-state index in [0.29, 0.717) is 20.5 Å². The van der Waals surface area contributed by atoms with Gasteiger partial charge in [0.1, 0.15) is 0 Å². The number of anilines is 1. The fourth-order valence-corrected chi connectivity index (χ4v) is 3.84. The molecule has 0 saturated carbocycles. The quantitative estimate of drug-likeness (QED) is 0.309. The van der Waals surface area contributed by atoms with E-state index < -0.39 is 4.92 Å². The molecule has 0 aliphatic carbocycles. The molecule has 2 aromatic carbocycles. The lowest BCUT2D eigenvalue weighted by Crippen LogP contribution is -2.27. The standard InChI is InChI=1S/C16H9BrN2O3S2/c17-11-2-1-3-13(9-11)18-15(20)14(24-16(18)23)8-10-4-6-12(7-5-10)19(21)22/h1-9H. The molecule has 0 atom stereocenters. The average Bonchev–Trinajstić information content (AvgIpc) is 2.82. The van der Waals surface area contributed by atoms with E-state index in [1.165, 1.54) is 28.8 Å². The number of thioether (sulfide) groups is 1. The van der Waals surface area contributed by atoms with Gasteiger partial charge in [0, 0.05) is 16.6 Å². The Morgan fingerprint density at radius 1 is 1.21 bits per heavy atom. The maximum absolute atomic E-state index is 12.6. The Morgan fingerprint density at radius 3 is 2.54 bits per heavy atom. The Bertz CT molecular complexity index is 881. The lowest BCUT2D eigenvalue weighted by Gasteiger charge is -2.14. The SMILES string of the molecule is O=C1C(=Cc2ccc([N+](=O)[O-])cc2)SC(=S)N1c1cccc(Br)c1. The minimum absolute atomic E-state index is 0.00818. The summed E-state index contributed by atoms with van der Waals surface area (Å²) < 4.78 is 1.31. The van der Waals surface area contributed by atoms with E-state index in [1.807, 2.05) is 24.3 Å². The summed E-state index contributed by atoms with van der Waals surface area (Å²) in [5.41, 5.74) is 1.41. The fourth-order valence-electron chi connectivity index (χ4n) is 2.15. The van der Waals surface area contributed by atoms with Crippen molar-refractivity contribution in [2.75, 3.05) is 4.90 Å². The van der Waals surface area contributed by atoms with Gasteiger partial charge in [-0.1, -0.05) is 46.0 Å². The lowest BCUT2D eigenvalue weighted by atomic mass is 10.2. The number of carbonyl (C=O) groups is 1. The molecule has 0 bridgehead atoms. The number of carbonyl (C=O) groups excluding carboxylic acids is 1. The molecule has 0 N–H and O–H groups in total. The van der Waals surface area contributed by atoms with Gasteiger partial charge in [0.15, 0.2) is 4.32 Å². The first-order chi connectivity index (χ1) is 11.5. The molecule has 24 heavy (non-hydrogen) atoms. The van der Waals surface area contributed by atoms with Crippen molar-refractivity contribution < 1.29 is 9.72 Å². The van der Waals surface area contributed by atoms with Gasteiger partial charge in [-0.25, -0.2) is 0 Å². The maximum Gasteiger partial charge on any atom is 0.270 e. The molecule has 5 nitrogen and oxygen atoms in total. The van der Waals surface area contributed by atoms with Gasteiger partial charge in [0.25, 0.3) is 11.6 Å². The Balaban J connectivity index is 1.89. The fraction of sp³-hybridized carbons (Fsp3) is 0. The Kier molecular flexibility index (Phi) is 4.79. The highest BCUT2D eigenvalue weighted by molar-refractivity contribution is 9.10. The van der Waals surface area contributed by atoms with E-state index in [2.05, 4.69) is 15.9 Å². The lowest BCUT2D eigenvalue weighted by molar-refractivity contribution is -0.384. The first kappa shape index (κ1) is 16.8. The van der Waals surface area contributed by atoms with E-state index in [4.69, 9.17) is 12.2 Å². The second-order valence-electron chi connectivity index (χ2n) is 4.85. The second kappa shape index (κ2) is 6.84. The number of thiocarbonyl (C=S) groups is 1. The third-order valence-corrected chi connectivity index (χ3v) is 5.06. The number of nitro groups is 1. The highest BCUT2D eigenvalue weighted by Crippen LogP contribution is 2.36. The first-order valence-corrected chi connectivity index (χ1v) is 8.75. The van der Waals surface area contributed by atoms with Crippen molar-refractivity contribution in [3.05, 3.63) is 73.6 Å². The van der Waals surface area contributed by atoms with Crippen LogP contribution in [-0.2, 0) is 4.79 Å². The van der Waals surface area contributed by atoms with Crippen LogP contribution in [-0.4, -0.2) is 15.2 Å².